The molecular weight excluding hydrogens is 222 g/mol. The molecule has 0 unspecified atom stereocenters. The highest BCUT2D eigenvalue weighted by Crippen LogP contribution is 2.49. The lowest BCUT2D eigenvalue weighted by molar-refractivity contribution is 0.670. The van der Waals surface area contributed by atoms with E-state index in [0.717, 1.165) is 15.8 Å². The second-order valence-corrected chi connectivity index (χ2v) is 5.87. The number of fused-ring (bicyclic) bond motifs is 1. The first kappa shape index (κ1) is 9.07. The summed E-state index contributed by atoms with van der Waals surface area (Å²) in [5, 5.41) is 14.2. The van der Waals surface area contributed by atoms with E-state index in [1.807, 2.05) is 4.52 Å². The van der Waals surface area contributed by atoms with Crippen LogP contribution in [0, 0.1) is 0 Å². The Morgan fingerprint density at radius 2 is 2.19 bits per heavy atom. The van der Waals surface area contributed by atoms with E-state index in [2.05, 4.69) is 15.3 Å². The first-order valence-corrected chi connectivity index (χ1v) is 6.57. The minimum absolute atomic E-state index is 0.173. The van der Waals surface area contributed by atoms with Gasteiger partial charge >= 0.3 is 0 Å². The van der Waals surface area contributed by atoms with Gasteiger partial charge in [0.2, 0.25) is 4.96 Å². The summed E-state index contributed by atoms with van der Waals surface area (Å²) in [5.74, 6) is 1.64. The Hall–Kier alpha value is -1.01. The van der Waals surface area contributed by atoms with E-state index < -0.39 is 0 Å². The van der Waals surface area contributed by atoms with E-state index in [0.29, 0.717) is 12.5 Å². The summed E-state index contributed by atoms with van der Waals surface area (Å²) in [6, 6.07) is 0. The molecule has 2 aromatic heterocycles. The maximum absolute atomic E-state index is 5.82. The molecule has 0 saturated heterocycles. The Bertz CT molecular complexity index is 549. The number of nitrogens with zero attached hydrogens (tertiary/aromatic N) is 4. The van der Waals surface area contributed by atoms with E-state index in [1.165, 1.54) is 25.7 Å². The first-order chi connectivity index (χ1) is 7.82. The first-order valence-electron chi connectivity index (χ1n) is 5.75. The van der Waals surface area contributed by atoms with Gasteiger partial charge in [-0.3, -0.25) is 0 Å². The second-order valence-electron chi connectivity index (χ2n) is 4.92. The van der Waals surface area contributed by atoms with E-state index in [-0.39, 0.29) is 5.41 Å². The number of rotatable bonds is 3. The van der Waals surface area contributed by atoms with Crippen LogP contribution in [-0.2, 0) is 5.41 Å². The predicted molar refractivity (Wildman–Crippen MR) is 60.6 cm³/mol. The van der Waals surface area contributed by atoms with Crippen molar-refractivity contribution < 1.29 is 0 Å². The molecule has 16 heavy (non-hydrogen) atoms. The van der Waals surface area contributed by atoms with Crippen molar-refractivity contribution in [2.45, 2.75) is 37.0 Å². The molecule has 84 valence electrons. The smallest absolute Gasteiger partial charge is 0.234 e. The van der Waals surface area contributed by atoms with Gasteiger partial charge in [0.15, 0.2) is 5.82 Å². The third kappa shape index (κ3) is 1.11. The average Bonchev–Trinajstić information content (AvgIpc) is 3.19. The quantitative estimate of drug-likeness (QED) is 0.863. The van der Waals surface area contributed by atoms with Crippen LogP contribution in [0.4, 0.5) is 0 Å². The van der Waals surface area contributed by atoms with Gasteiger partial charge in [-0.15, -0.1) is 10.2 Å². The van der Waals surface area contributed by atoms with Crippen LogP contribution in [0.5, 0.6) is 0 Å². The van der Waals surface area contributed by atoms with E-state index in [9.17, 15) is 0 Å². The molecule has 2 saturated carbocycles. The standard InChI is InChI=1S/C10H13N5S/c11-5-10(3-4-10)8-14-15-7(6-1-2-6)12-13-9(15)16-8/h6H,1-5,11H2. The maximum atomic E-state index is 5.82. The van der Waals surface area contributed by atoms with Crippen molar-refractivity contribution >= 4 is 16.3 Å². The topological polar surface area (TPSA) is 69.1 Å². The Kier molecular flexibility index (Phi) is 1.59. The van der Waals surface area contributed by atoms with Crippen LogP contribution in [0.1, 0.15) is 42.4 Å². The fraction of sp³-hybridized carbons (Fsp3) is 0.700. The molecule has 0 aliphatic heterocycles. The van der Waals surface area contributed by atoms with Crippen molar-refractivity contribution in [3.05, 3.63) is 10.8 Å². The van der Waals surface area contributed by atoms with Gasteiger partial charge in [0, 0.05) is 17.9 Å². The number of nitrogens with two attached hydrogens (primary N) is 1. The van der Waals surface area contributed by atoms with Gasteiger partial charge in [-0.2, -0.15) is 9.61 Å². The molecule has 0 amide bonds. The highest BCUT2D eigenvalue weighted by atomic mass is 32.1. The molecule has 2 aliphatic rings. The predicted octanol–water partition coefficient (Wildman–Crippen LogP) is 1.05. The SMILES string of the molecule is NCC1(c2nn3c(C4CC4)nnc3s2)CC1. The number of hydrogen-bond acceptors (Lipinski definition) is 5. The Balaban J connectivity index is 1.84. The van der Waals surface area contributed by atoms with Crippen LogP contribution in [0.3, 0.4) is 0 Å². The second kappa shape index (κ2) is 2.81. The summed E-state index contributed by atoms with van der Waals surface area (Å²) in [6.45, 7) is 0.704. The summed E-state index contributed by atoms with van der Waals surface area (Å²) < 4.78 is 1.94. The van der Waals surface area contributed by atoms with Crippen LogP contribution in [0.2, 0.25) is 0 Å². The molecule has 4 rings (SSSR count). The minimum Gasteiger partial charge on any atom is -0.329 e. The monoisotopic (exact) mass is 235 g/mol. The van der Waals surface area contributed by atoms with E-state index >= 15 is 0 Å². The Morgan fingerprint density at radius 3 is 2.81 bits per heavy atom. The van der Waals surface area contributed by atoms with Gasteiger partial charge in [0.25, 0.3) is 0 Å². The maximum Gasteiger partial charge on any atom is 0.234 e. The zero-order valence-corrected chi connectivity index (χ0v) is 9.70. The summed E-state index contributed by atoms with van der Waals surface area (Å²) in [4.78, 5) is 0.927. The molecule has 5 nitrogen and oxygen atoms in total. The summed E-state index contributed by atoms with van der Waals surface area (Å²) in [5.41, 5.74) is 6.00. The summed E-state index contributed by atoms with van der Waals surface area (Å²) >= 11 is 1.66. The highest BCUT2D eigenvalue weighted by molar-refractivity contribution is 7.16. The fourth-order valence-corrected chi connectivity index (χ4v) is 3.20. The fourth-order valence-electron chi connectivity index (χ4n) is 2.10. The zero-order valence-electron chi connectivity index (χ0n) is 8.89. The lowest BCUT2D eigenvalue weighted by atomic mass is 10.1. The zero-order chi connectivity index (χ0) is 10.8. The van der Waals surface area contributed by atoms with Crippen LogP contribution in [0.15, 0.2) is 0 Å². The van der Waals surface area contributed by atoms with Gasteiger partial charge in [-0.05, 0) is 25.7 Å². The van der Waals surface area contributed by atoms with Crippen LogP contribution >= 0.6 is 11.3 Å². The lowest BCUT2D eigenvalue weighted by Gasteiger charge is -2.05. The van der Waals surface area contributed by atoms with Crippen molar-refractivity contribution in [1.82, 2.24) is 19.8 Å². The molecule has 0 spiro atoms. The molecular formula is C10H13N5S. The van der Waals surface area contributed by atoms with Gasteiger partial charge in [0.1, 0.15) is 5.01 Å². The van der Waals surface area contributed by atoms with Crippen molar-refractivity contribution in [3.63, 3.8) is 0 Å². The molecule has 0 aromatic carbocycles. The minimum atomic E-state index is 0.173. The molecule has 2 heterocycles. The van der Waals surface area contributed by atoms with Crippen LogP contribution < -0.4 is 5.73 Å². The average molecular weight is 235 g/mol. The Morgan fingerprint density at radius 1 is 1.38 bits per heavy atom. The number of aromatic nitrogens is 4. The summed E-state index contributed by atoms with van der Waals surface area (Å²) in [7, 11) is 0. The molecule has 2 aromatic rings. The van der Waals surface area contributed by atoms with E-state index in [1.54, 1.807) is 11.3 Å². The molecule has 0 radical (unpaired) electrons. The van der Waals surface area contributed by atoms with Crippen molar-refractivity contribution in [2.75, 3.05) is 6.54 Å². The van der Waals surface area contributed by atoms with Crippen LogP contribution in [0.25, 0.3) is 4.96 Å². The van der Waals surface area contributed by atoms with Gasteiger partial charge in [-0.1, -0.05) is 11.3 Å². The van der Waals surface area contributed by atoms with Gasteiger partial charge < -0.3 is 5.73 Å². The molecule has 6 heteroatoms. The highest BCUT2D eigenvalue weighted by Gasteiger charge is 2.46. The third-order valence-electron chi connectivity index (χ3n) is 3.66. The van der Waals surface area contributed by atoms with Crippen molar-refractivity contribution in [1.29, 1.82) is 0 Å². The molecule has 2 aliphatic carbocycles. The van der Waals surface area contributed by atoms with Crippen molar-refractivity contribution in [3.8, 4) is 0 Å². The molecule has 2 N–H and O–H groups in total. The third-order valence-corrected chi connectivity index (χ3v) is 4.80. The molecule has 0 atom stereocenters. The number of hydrogen-bond donors (Lipinski definition) is 1. The van der Waals surface area contributed by atoms with Gasteiger partial charge in [-0.25, -0.2) is 0 Å². The van der Waals surface area contributed by atoms with Crippen LogP contribution in [-0.4, -0.2) is 26.4 Å². The summed E-state index contributed by atoms with van der Waals surface area (Å²) in [6.07, 6.45) is 4.81. The lowest BCUT2D eigenvalue weighted by Crippen LogP contribution is -2.19. The van der Waals surface area contributed by atoms with Gasteiger partial charge in [0.05, 0.1) is 0 Å². The van der Waals surface area contributed by atoms with Crippen molar-refractivity contribution in [2.24, 2.45) is 5.73 Å². The Labute approximate surface area is 96.7 Å². The normalized spacial score (nSPS) is 22.8. The molecule has 2 fully saturated rings. The van der Waals surface area contributed by atoms with E-state index in [4.69, 9.17) is 5.73 Å². The largest absolute Gasteiger partial charge is 0.329 e. The molecule has 0 bridgehead atoms.